The Bertz CT molecular complexity index is 324. The van der Waals surface area contributed by atoms with Crippen LogP contribution < -0.4 is 5.32 Å². The molecule has 1 saturated heterocycles. The van der Waals surface area contributed by atoms with Crippen LogP contribution in [-0.4, -0.2) is 50.3 Å². The fraction of sp³-hybridized carbons (Fsp3) is 0.941. The summed E-state index contributed by atoms with van der Waals surface area (Å²) in [5, 5.41) is 3.48. The zero-order valence-electron chi connectivity index (χ0n) is 14.0. The fourth-order valence-electron chi connectivity index (χ4n) is 3.72. The highest BCUT2D eigenvalue weighted by molar-refractivity contribution is 5.80. The van der Waals surface area contributed by atoms with Crippen molar-refractivity contribution in [1.29, 1.82) is 0 Å². The van der Waals surface area contributed by atoms with Crippen molar-refractivity contribution in [1.82, 2.24) is 10.2 Å². The molecular formula is C17H33N3O. The van der Waals surface area contributed by atoms with Crippen LogP contribution in [0.1, 0.15) is 58.8 Å². The molecule has 1 spiro atoms. The lowest BCUT2D eigenvalue weighted by atomic mass is 9.86. The quantitative estimate of drug-likeness (QED) is 0.445. The van der Waals surface area contributed by atoms with Crippen molar-refractivity contribution < 1.29 is 4.74 Å². The Morgan fingerprint density at radius 3 is 2.71 bits per heavy atom. The minimum Gasteiger partial charge on any atom is -0.382 e. The van der Waals surface area contributed by atoms with Crippen LogP contribution in [0.3, 0.4) is 0 Å². The summed E-state index contributed by atoms with van der Waals surface area (Å²) in [6.45, 7) is 10.2. The summed E-state index contributed by atoms with van der Waals surface area (Å²) in [6.07, 6.45) is 9.31. The van der Waals surface area contributed by atoms with Crippen LogP contribution in [0.15, 0.2) is 4.99 Å². The summed E-state index contributed by atoms with van der Waals surface area (Å²) in [4.78, 5) is 7.32. The average Bonchev–Trinajstić information content (AvgIpc) is 3.12. The molecule has 0 aromatic carbocycles. The SMILES string of the molecule is CCNC(=NCCCCOCC)N1CCC2(CCCC2)C1. The summed E-state index contributed by atoms with van der Waals surface area (Å²) in [7, 11) is 0. The van der Waals surface area contributed by atoms with Gasteiger partial charge in [-0.1, -0.05) is 12.8 Å². The molecule has 0 aromatic rings. The molecule has 1 aliphatic carbocycles. The molecule has 1 heterocycles. The van der Waals surface area contributed by atoms with Gasteiger partial charge in [0.1, 0.15) is 0 Å². The first kappa shape index (κ1) is 16.6. The van der Waals surface area contributed by atoms with Crippen molar-refractivity contribution in [2.24, 2.45) is 10.4 Å². The van der Waals surface area contributed by atoms with Crippen molar-refractivity contribution in [3.63, 3.8) is 0 Å². The molecule has 0 amide bonds. The molecule has 2 rings (SSSR count). The molecule has 0 atom stereocenters. The summed E-state index contributed by atoms with van der Waals surface area (Å²) < 4.78 is 5.38. The molecule has 0 aromatic heterocycles. The zero-order valence-corrected chi connectivity index (χ0v) is 14.0. The molecule has 1 N–H and O–H groups in total. The average molecular weight is 295 g/mol. The minimum absolute atomic E-state index is 0.616. The number of nitrogens with zero attached hydrogens (tertiary/aromatic N) is 2. The van der Waals surface area contributed by atoms with Crippen molar-refractivity contribution in [2.45, 2.75) is 58.8 Å². The van der Waals surface area contributed by atoms with E-state index in [1.807, 2.05) is 6.92 Å². The first-order valence-corrected chi connectivity index (χ1v) is 8.91. The van der Waals surface area contributed by atoms with Gasteiger partial charge < -0.3 is 15.0 Å². The molecule has 1 aliphatic heterocycles. The van der Waals surface area contributed by atoms with Gasteiger partial charge in [0.15, 0.2) is 5.96 Å². The Hall–Kier alpha value is -0.770. The standard InChI is InChI=1S/C17H33N3O/c1-3-18-16(19-12-7-8-14-21-4-2)20-13-11-17(15-20)9-5-6-10-17/h3-15H2,1-2H3,(H,18,19). The number of hydrogen-bond donors (Lipinski definition) is 1. The number of guanidine groups is 1. The summed E-state index contributed by atoms with van der Waals surface area (Å²) >= 11 is 0. The van der Waals surface area contributed by atoms with Gasteiger partial charge in [0.05, 0.1) is 0 Å². The van der Waals surface area contributed by atoms with Crippen LogP contribution in [0.25, 0.3) is 0 Å². The topological polar surface area (TPSA) is 36.9 Å². The lowest BCUT2D eigenvalue weighted by molar-refractivity contribution is 0.144. The van der Waals surface area contributed by atoms with Gasteiger partial charge in [-0.2, -0.15) is 0 Å². The summed E-state index contributed by atoms with van der Waals surface area (Å²) in [6, 6.07) is 0. The van der Waals surface area contributed by atoms with Crippen LogP contribution in [-0.2, 0) is 4.74 Å². The van der Waals surface area contributed by atoms with Gasteiger partial charge in [-0.15, -0.1) is 0 Å². The van der Waals surface area contributed by atoms with Crippen LogP contribution in [0.4, 0.5) is 0 Å². The molecule has 4 heteroatoms. The molecule has 0 bridgehead atoms. The highest BCUT2D eigenvalue weighted by Crippen LogP contribution is 2.45. The van der Waals surface area contributed by atoms with Gasteiger partial charge in [-0.05, 0) is 51.4 Å². The van der Waals surface area contributed by atoms with E-state index in [0.717, 1.165) is 45.1 Å². The smallest absolute Gasteiger partial charge is 0.193 e. The van der Waals surface area contributed by atoms with Crippen LogP contribution in [0.5, 0.6) is 0 Å². The number of aliphatic imine (C=N–C) groups is 1. The third kappa shape index (κ3) is 4.87. The van der Waals surface area contributed by atoms with Crippen molar-refractivity contribution >= 4 is 5.96 Å². The largest absolute Gasteiger partial charge is 0.382 e. The van der Waals surface area contributed by atoms with Crippen LogP contribution >= 0.6 is 0 Å². The Labute approximate surface area is 130 Å². The molecule has 2 fully saturated rings. The van der Waals surface area contributed by atoms with Gasteiger partial charge in [0.2, 0.25) is 0 Å². The zero-order chi connectivity index (χ0) is 15.0. The maximum atomic E-state index is 5.38. The van der Waals surface area contributed by atoms with E-state index in [1.165, 1.54) is 45.2 Å². The van der Waals surface area contributed by atoms with Gasteiger partial charge in [0.25, 0.3) is 0 Å². The summed E-state index contributed by atoms with van der Waals surface area (Å²) in [5.41, 5.74) is 0.616. The molecule has 0 radical (unpaired) electrons. The molecule has 1 saturated carbocycles. The Morgan fingerprint density at radius 1 is 1.19 bits per heavy atom. The molecule has 0 unspecified atom stereocenters. The predicted octanol–water partition coefficient (Wildman–Crippen LogP) is 3.03. The monoisotopic (exact) mass is 295 g/mol. The van der Waals surface area contributed by atoms with Crippen molar-refractivity contribution in [3.05, 3.63) is 0 Å². The van der Waals surface area contributed by atoms with E-state index in [9.17, 15) is 0 Å². The normalized spacial score (nSPS) is 21.4. The van der Waals surface area contributed by atoms with E-state index in [0.29, 0.717) is 5.41 Å². The second-order valence-electron chi connectivity index (χ2n) is 6.52. The van der Waals surface area contributed by atoms with E-state index in [-0.39, 0.29) is 0 Å². The molecule has 2 aliphatic rings. The second-order valence-corrected chi connectivity index (χ2v) is 6.52. The van der Waals surface area contributed by atoms with E-state index in [1.54, 1.807) is 0 Å². The first-order valence-electron chi connectivity index (χ1n) is 8.91. The number of ether oxygens (including phenoxy) is 1. The first-order chi connectivity index (χ1) is 10.3. The Morgan fingerprint density at radius 2 is 2.00 bits per heavy atom. The molecule has 21 heavy (non-hydrogen) atoms. The lowest BCUT2D eigenvalue weighted by Crippen LogP contribution is -2.41. The Kier molecular flexibility index (Phi) is 6.81. The van der Waals surface area contributed by atoms with Gasteiger partial charge in [-0.25, -0.2) is 0 Å². The minimum atomic E-state index is 0.616. The van der Waals surface area contributed by atoms with Crippen molar-refractivity contribution in [2.75, 3.05) is 39.4 Å². The van der Waals surface area contributed by atoms with E-state index in [4.69, 9.17) is 9.73 Å². The summed E-state index contributed by atoms with van der Waals surface area (Å²) in [5.74, 6) is 1.14. The Balaban J connectivity index is 1.78. The highest BCUT2D eigenvalue weighted by Gasteiger charge is 2.40. The van der Waals surface area contributed by atoms with Gasteiger partial charge >= 0.3 is 0 Å². The number of rotatable bonds is 7. The fourth-order valence-corrected chi connectivity index (χ4v) is 3.72. The second kappa shape index (κ2) is 8.62. The number of unbranched alkanes of at least 4 members (excludes halogenated alkanes) is 1. The van der Waals surface area contributed by atoms with Crippen LogP contribution in [0.2, 0.25) is 0 Å². The number of likely N-dealkylation sites (tertiary alicyclic amines) is 1. The molecular weight excluding hydrogens is 262 g/mol. The maximum absolute atomic E-state index is 5.38. The van der Waals surface area contributed by atoms with Gasteiger partial charge in [-0.3, -0.25) is 4.99 Å². The lowest BCUT2D eigenvalue weighted by Gasteiger charge is -2.26. The third-order valence-corrected chi connectivity index (χ3v) is 4.90. The molecule has 122 valence electrons. The van der Waals surface area contributed by atoms with E-state index < -0.39 is 0 Å². The number of hydrogen-bond acceptors (Lipinski definition) is 2. The predicted molar refractivity (Wildman–Crippen MR) is 88.8 cm³/mol. The van der Waals surface area contributed by atoms with E-state index in [2.05, 4.69) is 17.1 Å². The van der Waals surface area contributed by atoms with Crippen LogP contribution in [0, 0.1) is 5.41 Å². The highest BCUT2D eigenvalue weighted by atomic mass is 16.5. The molecule has 4 nitrogen and oxygen atoms in total. The number of nitrogens with one attached hydrogen (secondary N) is 1. The van der Waals surface area contributed by atoms with Gasteiger partial charge in [0, 0.05) is 39.4 Å². The van der Waals surface area contributed by atoms with E-state index >= 15 is 0 Å². The van der Waals surface area contributed by atoms with Crippen molar-refractivity contribution in [3.8, 4) is 0 Å². The maximum Gasteiger partial charge on any atom is 0.193 e. The third-order valence-electron chi connectivity index (χ3n) is 4.90.